The van der Waals surface area contributed by atoms with Crippen LogP contribution < -0.4 is 9.47 Å². The molecule has 3 heterocycles. The van der Waals surface area contributed by atoms with Crippen LogP contribution in [0.3, 0.4) is 0 Å². The number of nitriles is 1. The van der Waals surface area contributed by atoms with E-state index in [4.69, 9.17) is 14.6 Å². The minimum absolute atomic E-state index is 0.0562. The summed E-state index contributed by atoms with van der Waals surface area (Å²) in [6, 6.07) is 24.9. The molecule has 0 radical (unpaired) electrons. The predicted octanol–water partition coefficient (Wildman–Crippen LogP) is 5.41. The Kier molecular flexibility index (Phi) is 6.70. The van der Waals surface area contributed by atoms with Gasteiger partial charge >= 0.3 is 0 Å². The van der Waals surface area contributed by atoms with Crippen LogP contribution in [0.2, 0.25) is 0 Å². The van der Waals surface area contributed by atoms with Crippen LogP contribution in [0.15, 0.2) is 95.7 Å². The Balaban J connectivity index is 1.48. The Labute approximate surface area is 237 Å². The maximum atomic E-state index is 13.8. The Bertz CT molecular complexity index is 1780. The molecule has 0 aliphatic carbocycles. The number of benzene rings is 3. The highest BCUT2D eigenvalue weighted by Gasteiger charge is 2.35. The zero-order valence-electron chi connectivity index (χ0n) is 22.6. The highest BCUT2D eigenvalue weighted by Crippen LogP contribution is 2.37. The summed E-state index contributed by atoms with van der Waals surface area (Å²) in [6.07, 6.45) is 3.55. The normalized spacial score (nSPS) is 15.8. The highest BCUT2D eigenvalue weighted by atomic mass is 16.6. The zero-order chi connectivity index (χ0) is 28.5. The maximum absolute atomic E-state index is 13.8. The molecule has 1 aromatic heterocycles. The van der Waals surface area contributed by atoms with Gasteiger partial charge in [-0.25, -0.2) is 4.68 Å². The lowest BCUT2D eigenvalue weighted by Crippen LogP contribution is -2.42. The van der Waals surface area contributed by atoms with Crippen LogP contribution in [0.1, 0.15) is 23.6 Å². The topological polar surface area (TPSA) is 97.5 Å². The minimum Gasteiger partial charge on any atom is -0.486 e. The lowest BCUT2D eigenvalue weighted by atomic mass is 9.93. The van der Waals surface area contributed by atoms with Gasteiger partial charge < -0.3 is 9.47 Å². The summed E-state index contributed by atoms with van der Waals surface area (Å²) in [5, 5.41) is 14.8. The number of amides is 2. The van der Waals surface area contributed by atoms with Crippen LogP contribution in [0, 0.1) is 18.3 Å². The van der Waals surface area contributed by atoms with E-state index in [0.29, 0.717) is 41.5 Å². The van der Waals surface area contributed by atoms with Crippen molar-refractivity contribution < 1.29 is 19.1 Å². The van der Waals surface area contributed by atoms with E-state index in [1.165, 1.54) is 0 Å². The SMILES string of the molecule is CC1=C(C#N)C(=O)N(Cc2ccc(C)cc2)C(=O)/C1=C/c1cn(-c2ccccc2)nc1-c1ccc2c(c1)OCCO2. The summed E-state index contributed by atoms with van der Waals surface area (Å²) < 4.78 is 13.2. The first-order chi connectivity index (χ1) is 19.9. The number of aryl methyl sites for hydroxylation is 1. The first-order valence-corrected chi connectivity index (χ1v) is 13.2. The maximum Gasteiger partial charge on any atom is 0.271 e. The van der Waals surface area contributed by atoms with Gasteiger partial charge in [0.15, 0.2) is 11.5 Å². The molecule has 3 aromatic carbocycles. The van der Waals surface area contributed by atoms with E-state index in [1.54, 1.807) is 17.7 Å². The number of para-hydroxylation sites is 1. The second-order valence-corrected chi connectivity index (χ2v) is 9.92. The van der Waals surface area contributed by atoms with Crippen molar-refractivity contribution in [2.24, 2.45) is 0 Å². The summed E-state index contributed by atoms with van der Waals surface area (Å²) in [5.41, 5.74) is 5.28. The average Bonchev–Trinajstić information content (AvgIpc) is 3.43. The first-order valence-electron chi connectivity index (χ1n) is 13.2. The molecule has 0 saturated heterocycles. The van der Waals surface area contributed by atoms with Gasteiger partial charge in [0.25, 0.3) is 11.8 Å². The second-order valence-electron chi connectivity index (χ2n) is 9.92. The van der Waals surface area contributed by atoms with Crippen molar-refractivity contribution in [3.63, 3.8) is 0 Å². The van der Waals surface area contributed by atoms with Crippen molar-refractivity contribution >= 4 is 17.9 Å². The number of rotatable bonds is 5. The molecular formula is C33H26N4O4. The lowest BCUT2D eigenvalue weighted by Gasteiger charge is -2.27. The summed E-state index contributed by atoms with van der Waals surface area (Å²) in [4.78, 5) is 28.2. The van der Waals surface area contributed by atoms with Gasteiger partial charge in [-0.1, -0.05) is 48.0 Å². The average molecular weight is 543 g/mol. The molecule has 0 N–H and O–H groups in total. The van der Waals surface area contributed by atoms with E-state index >= 15 is 0 Å². The van der Waals surface area contributed by atoms with Crippen molar-refractivity contribution in [1.29, 1.82) is 5.26 Å². The quantitative estimate of drug-likeness (QED) is 0.247. The van der Waals surface area contributed by atoms with Gasteiger partial charge in [0.2, 0.25) is 0 Å². The molecule has 6 rings (SSSR count). The third-order valence-corrected chi connectivity index (χ3v) is 7.17. The van der Waals surface area contributed by atoms with Gasteiger partial charge in [0, 0.05) is 22.9 Å². The van der Waals surface area contributed by atoms with Crippen molar-refractivity contribution in [1.82, 2.24) is 14.7 Å². The second kappa shape index (κ2) is 10.6. The fourth-order valence-corrected chi connectivity index (χ4v) is 4.93. The standard InChI is InChI=1S/C33H26N4O4/c1-21-8-10-23(11-9-21)19-36-32(38)27(22(2)28(18-34)33(36)39)16-25-20-37(26-6-4-3-5-7-26)35-31(25)24-12-13-29-30(17-24)41-15-14-40-29/h3-13,16-17,20H,14-15,19H2,1-2H3/b27-16+. The molecular weight excluding hydrogens is 516 g/mol. The Hall–Kier alpha value is -5.42. The van der Waals surface area contributed by atoms with E-state index in [-0.39, 0.29) is 17.7 Å². The smallest absolute Gasteiger partial charge is 0.271 e. The molecule has 0 unspecified atom stereocenters. The van der Waals surface area contributed by atoms with E-state index < -0.39 is 11.8 Å². The monoisotopic (exact) mass is 542 g/mol. The summed E-state index contributed by atoms with van der Waals surface area (Å²) in [5.74, 6) is 0.216. The molecule has 2 aliphatic rings. The van der Waals surface area contributed by atoms with Gasteiger partial charge in [0.05, 0.1) is 12.2 Å². The highest BCUT2D eigenvalue weighted by molar-refractivity contribution is 6.19. The van der Waals surface area contributed by atoms with Crippen LogP contribution in [0.5, 0.6) is 11.5 Å². The molecule has 0 spiro atoms. The molecule has 4 aromatic rings. The molecule has 8 nitrogen and oxygen atoms in total. The molecule has 41 heavy (non-hydrogen) atoms. The van der Waals surface area contributed by atoms with Crippen LogP contribution in [0.4, 0.5) is 0 Å². The van der Waals surface area contributed by atoms with E-state index in [2.05, 4.69) is 0 Å². The minimum atomic E-state index is -0.597. The number of imide groups is 1. The van der Waals surface area contributed by atoms with Gasteiger partial charge in [-0.3, -0.25) is 14.5 Å². The van der Waals surface area contributed by atoms with Crippen LogP contribution in [-0.4, -0.2) is 39.7 Å². The number of fused-ring (bicyclic) bond motifs is 1. The van der Waals surface area contributed by atoms with E-state index in [9.17, 15) is 14.9 Å². The molecule has 0 atom stereocenters. The first kappa shape index (κ1) is 25.8. The summed E-state index contributed by atoms with van der Waals surface area (Å²) in [7, 11) is 0. The molecule has 202 valence electrons. The fraction of sp³-hybridized carbons (Fsp3) is 0.152. The van der Waals surface area contributed by atoms with Crippen LogP contribution >= 0.6 is 0 Å². The van der Waals surface area contributed by atoms with Crippen molar-refractivity contribution in [2.45, 2.75) is 20.4 Å². The zero-order valence-corrected chi connectivity index (χ0v) is 22.6. The Morgan fingerprint density at radius 1 is 0.927 bits per heavy atom. The van der Waals surface area contributed by atoms with E-state index in [0.717, 1.165) is 27.3 Å². The number of nitrogens with zero attached hydrogens (tertiary/aromatic N) is 4. The Morgan fingerprint density at radius 2 is 1.66 bits per heavy atom. The van der Waals surface area contributed by atoms with Gasteiger partial charge in [-0.2, -0.15) is 10.4 Å². The molecule has 8 heteroatoms. The van der Waals surface area contributed by atoms with Gasteiger partial charge in [-0.05, 0) is 61.4 Å². The molecule has 0 bridgehead atoms. The molecule has 0 fully saturated rings. The van der Waals surface area contributed by atoms with Crippen molar-refractivity contribution in [2.75, 3.05) is 13.2 Å². The number of carbonyl (C=O) groups excluding carboxylic acids is 2. The summed E-state index contributed by atoms with van der Waals surface area (Å²) in [6.45, 7) is 4.60. The van der Waals surface area contributed by atoms with Crippen molar-refractivity contribution in [3.8, 4) is 34.5 Å². The van der Waals surface area contributed by atoms with Crippen LogP contribution in [0.25, 0.3) is 23.0 Å². The van der Waals surface area contributed by atoms with Gasteiger partial charge in [0.1, 0.15) is 30.6 Å². The fourth-order valence-electron chi connectivity index (χ4n) is 4.93. The summed E-state index contributed by atoms with van der Waals surface area (Å²) >= 11 is 0. The molecule has 2 amide bonds. The number of hydrogen-bond donors (Lipinski definition) is 0. The third kappa shape index (κ3) is 4.90. The number of carbonyl (C=O) groups is 2. The van der Waals surface area contributed by atoms with Crippen molar-refractivity contribution in [3.05, 3.63) is 112 Å². The predicted molar refractivity (Wildman–Crippen MR) is 153 cm³/mol. The molecule has 2 aliphatic heterocycles. The third-order valence-electron chi connectivity index (χ3n) is 7.17. The largest absolute Gasteiger partial charge is 0.486 e. The van der Waals surface area contributed by atoms with Crippen LogP contribution in [-0.2, 0) is 16.1 Å². The van der Waals surface area contributed by atoms with E-state index in [1.807, 2.05) is 92.0 Å². The number of aromatic nitrogens is 2. The Morgan fingerprint density at radius 3 is 2.39 bits per heavy atom. The van der Waals surface area contributed by atoms with Gasteiger partial charge in [-0.15, -0.1) is 0 Å². The number of ether oxygens (including phenoxy) is 2. The number of hydrogen-bond acceptors (Lipinski definition) is 6. The lowest BCUT2D eigenvalue weighted by molar-refractivity contribution is -0.141. The molecule has 0 saturated carbocycles.